The third-order valence-electron chi connectivity index (χ3n) is 2.64. The van der Waals surface area contributed by atoms with Gasteiger partial charge < -0.3 is 19.9 Å². The summed E-state index contributed by atoms with van der Waals surface area (Å²) in [7, 11) is 1.59. The van der Waals surface area contributed by atoms with Gasteiger partial charge in [0.15, 0.2) is 18.2 Å². The van der Waals surface area contributed by atoms with Crippen LogP contribution in [0.3, 0.4) is 0 Å². The highest BCUT2D eigenvalue weighted by Gasteiger charge is 2.09. The van der Waals surface area contributed by atoms with E-state index < -0.39 is 11.9 Å². The second-order valence-electron chi connectivity index (χ2n) is 4.35. The van der Waals surface area contributed by atoms with Crippen LogP contribution < -0.4 is 10.1 Å². The number of aliphatic hydroxyl groups excluding tert-OH is 1. The topological polar surface area (TPSA) is 67.8 Å². The molecule has 1 amide bonds. The van der Waals surface area contributed by atoms with Crippen LogP contribution in [0.4, 0.5) is 4.39 Å². The molecular formula is C14H20FNO4. The highest BCUT2D eigenvalue weighted by atomic mass is 19.1. The molecule has 0 aromatic heterocycles. The number of hydrogen-bond acceptors (Lipinski definition) is 4. The van der Waals surface area contributed by atoms with Gasteiger partial charge in [-0.2, -0.15) is 0 Å². The summed E-state index contributed by atoms with van der Waals surface area (Å²) in [5.74, 6) is -0.933. The zero-order chi connectivity index (χ0) is 15.0. The predicted octanol–water partition coefficient (Wildman–Crippen LogP) is 1.41. The molecule has 2 N–H and O–H groups in total. The monoisotopic (exact) mass is 285 g/mol. The van der Waals surface area contributed by atoms with Crippen LogP contribution in [0, 0.1) is 5.82 Å². The molecule has 1 atom stereocenters. The molecule has 0 aliphatic heterocycles. The van der Waals surface area contributed by atoms with Crippen LogP contribution in [-0.2, 0) is 9.53 Å². The number of nitrogens with one attached hydrogen (secondary N) is 1. The first-order valence-corrected chi connectivity index (χ1v) is 6.40. The molecule has 20 heavy (non-hydrogen) atoms. The lowest BCUT2D eigenvalue weighted by Gasteiger charge is -2.10. The summed E-state index contributed by atoms with van der Waals surface area (Å²) in [5.41, 5.74) is 0.457. The average Bonchev–Trinajstić information content (AvgIpc) is 2.42. The molecule has 0 fully saturated rings. The van der Waals surface area contributed by atoms with Crippen LogP contribution in [0.15, 0.2) is 18.2 Å². The zero-order valence-corrected chi connectivity index (χ0v) is 11.7. The summed E-state index contributed by atoms with van der Waals surface area (Å²) in [6.45, 7) is 2.34. The van der Waals surface area contributed by atoms with Gasteiger partial charge in [0, 0.05) is 20.3 Å². The highest BCUT2D eigenvalue weighted by Crippen LogP contribution is 2.21. The minimum Gasteiger partial charge on any atom is -0.481 e. The van der Waals surface area contributed by atoms with Crippen LogP contribution in [0.2, 0.25) is 0 Å². The van der Waals surface area contributed by atoms with Crippen molar-refractivity contribution in [3.63, 3.8) is 0 Å². The average molecular weight is 285 g/mol. The number of hydrogen-bond donors (Lipinski definition) is 2. The molecule has 0 bridgehead atoms. The maximum absolute atomic E-state index is 13.6. The Morgan fingerprint density at radius 1 is 1.50 bits per heavy atom. The van der Waals surface area contributed by atoms with E-state index >= 15 is 0 Å². The Balaban J connectivity index is 2.39. The Hall–Kier alpha value is -1.66. The number of carbonyl (C=O) groups is 1. The van der Waals surface area contributed by atoms with E-state index in [0.717, 1.165) is 0 Å². The number of aliphatic hydroxyl groups is 1. The molecule has 0 aliphatic carbocycles. The van der Waals surface area contributed by atoms with Gasteiger partial charge in [-0.25, -0.2) is 4.39 Å². The first-order chi connectivity index (χ1) is 9.54. The number of benzene rings is 1. The third-order valence-corrected chi connectivity index (χ3v) is 2.64. The fourth-order valence-corrected chi connectivity index (χ4v) is 1.53. The lowest BCUT2D eigenvalue weighted by molar-refractivity contribution is -0.123. The molecule has 1 aromatic rings. The zero-order valence-electron chi connectivity index (χ0n) is 11.7. The fourth-order valence-electron chi connectivity index (χ4n) is 1.53. The van der Waals surface area contributed by atoms with E-state index in [1.165, 1.54) is 12.1 Å². The molecule has 0 aliphatic rings. The Bertz CT molecular complexity index is 437. The molecule has 0 radical (unpaired) electrons. The van der Waals surface area contributed by atoms with Crippen molar-refractivity contribution in [2.75, 3.05) is 26.9 Å². The van der Waals surface area contributed by atoms with Crippen molar-refractivity contribution in [1.82, 2.24) is 5.32 Å². The first-order valence-electron chi connectivity index (χ1n) is 6.40. The summed E-state index contributed by atoms with van der Waals surface area (Å²) in [6.07, 6.45) is -0.0395. The minimum atomic E-state index is -0.748. The Kier molecular flexibility index (Phi) is 6.97. The molecule has 0 spiro atoms. The van der Waals surface area contributed by atoms with Gasteiger partial charge in [0.2, 0.25) is 0 Å². The molecule has 5 nitrogen and oxygen atoms in total. The largest absolute Gasteiger partial charge is 0.481 e. The van der Waals surface area contributed by atoms with E-state index in [0.29, 0.717) is 25.1 Å². The maximum Gasteiger partial charge on any atom is 0.257 e. The van der Waals surface area contributed by atoms with E-state index in [9.17, 15) is 14.3 Å². The summed E-state index contributed by atoms with van der Waals surface area (Å²) >= 11 is 0. The van der Waals surface area contributed by atoms with Gasteiger partial charge in [-0.15, -0.1) is 0 Å². The summed E-state index contributed by atoms with van der Waals surface area (Å²) in [5, 5.41) is 11.9. The van der Waals surface area contributed by atoms with Crippen molar-refractivity contribution in [1.29, 1.82) is 0 Å². The van der Waals surface area contributed by atoms with Gasteiger partial charge in [-0.05, 0) is 31.0 Å². The van der Waals surface area contributed by atoms with Gasteiger partial charge in [-0.3, -0.25) is 4.79 Å². The van der Waals surface area contributed by atoms with Crippen molar-refractivity contribution < 1.29 is 23.8 Å². The highest BCUT2D eigenvalue weighted by molar-refractivity contribution is 5.77. The molecule has 0 saturated heterocycles. The van der Waals surface area contributed by atoms with Gasteiger partial charge >= 0.3 is 0 Å². The van der Waals surface area contributed by atoms with Crippen LogP contribution in [-0.4, -0.2) is 37.9 Å². The fraction of sp³-hybridized carbons (Fsp3) is 0.500. The summed E-state index contributed by atoms with van der Waals surface area (Å²) in [6, 6.07) is 4.14. The van der Waals surface area contributed by atoms with Gasteiger partial charge in [0.1, 0.15) is 0 Å². The molecule has 1 aromatic carbocycles. The maximum atomic E-state index is 13.6. The Morgan fingerprint density at radius 3 is 2.85 bits per heavy atom. The standard InChI is InChI=1S/C14H20FNO4/c1-10(17)11-4-5-13(12(15)8-11)20-9-14(18)16-6-3-7-19-2/h4-5,8,10,17H,3,6-7,9H2,1-2H3,(H,16,18)/t10-/m1/s1. The van der Waals surface area contributed by atoms with Crippen LogP contribution >= 0.6 is 0 Å². The van der Waals surface area contributed by atoms with Crippen LogP contribution in [0.5, 0.6) is 5.75 Å². The minimum absolute atomic E-state index is 0.0126. The van der Waals surface area contributed by atoms with Crippen molar-refractivity contribution in [2.45, 2.75) is 19.4 Å². The lowest BCUT2D eigenvalue weighted by atomic mass is 10.1. The molecule has 0 unspecified atom stereocenters. The van der Waals surface area contributed by atoms with Crippen LogP contribution in [0.1, 0.15) is 25.0 Å². The number of carbonyl (C=O) groups excluding carboxylic acids is 1. The number of methoxy groups -OCH3 is 1. The smallest absolute Gasteiger partial charge is 0.257 e. The molecular weight excluding hydrogens is 265 g/mol. The van der Waals surface area contributed by atoms with Crippen molar-refractivity contribution in [2.24, 2.45) is 0 Å². The predicted molar refractivity (Wildman–Crippen MR) is 72.0 cm³/mol. The van der Waals surface area contributed by atoms with E-state index in [-0.39, 0.29) is 18.3 Å². The van der Waals surface area contributed by atoms with E-state index in [1.54, 1.807) is 20.1 Å². The van der Waals surface area contributed by atoms with Crippen molar-refractivity contribution in [3.8, 4) is 5.75 Å². The number of rotatable bonds is 8. The van der Waals surface area contributed by atoms with E-state index in [2.05, 4.69) is 5.32 Å². The summed E-state index contributed by atoms with van der Waals surface area (Å²) in [4.78, 5) is 11.4. The van der Waals surface area contributed by atoms with E-state index in [1.807, 2.05) is 0 Å². The van der Waals surface area contributed by atoms with E-state index in [4.69, 9.17) is 9.47 Å². The first kappa shape index (κ1) is 16.4. The quantitative estimate of drug-likeness (QED) is 0.709. The molecule has 1 rings (SSSR count). The molecule has 112 valence electrons. The van der Waals surface area contributed by atoms with Crippen molar-refractivity contribution >= 4 is 5.91 Å². The van der Waals surface area contributed by atoms with Gasteiger partial charge in [0.05, 0.1) is 6.10 Å². The summed E-state index contributed by atoms with van der Waals surface area (Å²) < 4.78 is 23.6. The van der Waals surface area contributed by atoms with Gasteiger partial charge in [-0.1, -0.05) is 6.07 Å². The normalized spacial score (nSPS) is 12.0. The van der Waals surface area contributed by atoms with Crippen molar-refractivity contribution in [3.05, 3.63) is 29.6 Å². The molecule has 0 saturated carbocycles. The molecule has 0 heterocycles. The Labute approximate surface area is 117 Å². The third kappa shape index (κ3) is 5.54. The van der Waals surface area contributed by atoms with Crippen LogP contribution in [0.25, 0.3) is 0 Å². The number of halogens is 1. The lowest BCUT2D eigenvalue weighted by Crippen LogP contribution is -2.30. The number of ether oxygens (including phenoxy) is 2. The van der Waals surface area contributed by atoms with Gasteiger partial charge in [0.25, 0.3) is 5.91 Å². The Morgan fingerprint density at radius 2 is 2.25 bits per heavy atom. The molecule has 6 heteroatoms. The SMILES string of the molecule is COCCCNC(=O)COc1ccc([C@@H](C)O)cc1F. The second kappa shape index (κ2) is 8.50. The second-order valence-corrected chi connectivity index (χ2v) is 4.35. The number of amides is 1.